The molecular weight excluding hydrogens is 450 g/mol. The fourth-order valence-electron chi connectivity index (χ4n) is 3.78. The van der Waals surface area contributed by atoms with Crippen molar-refractivity contribution >= 4 is 29.3 Å². The second kappa shape index (κ2) is 10.3. The van der Waals surface area contributed by atoms with Crippen LogP contribution in [0.25, 0.3) is 5.69 Å². The van der Waals surface area contributed by atoms with Crippen LogP contribution >= 0.6 is 11.8 Å². The molecule has 1 N–H and O–H groups in total. The lowest BCUT2D eigenvalue weighted by molar-refractivity contribution is -0.129. The third-order valence-corrected chi connectivity index (χ3v) is 7.17. The maximum atomic E-state index is 13.0. The third-order valence-electron chi connectivity index (χ3n) is 6.04. The van der Waals surface area contributed by atoms with E-state index in [9.17, 15) is 14.4 Å². The van der Waals surface area contributed by atoms with Crippen LogP contribution in [0.1, 0.15) is 31.0 Å². The van der Waals surface area contributed by atoms with Gasteiger partial charge in [-0.25, -0.2) is 4.68 Å². The molecule has 1 aromatic carbocycles. The minimum Gasteiger partial charge on any atom is -0.335 e. The Morgan fingerprint density at radius 2 is 1.85 bits per heavy atom. The summed E-state index contributed by atoms with van der Waals surface area (Å²) in [6.45, 7) is 4.10. The number of pyridine rings is 1. The Morgan fingerprint density at radius 3 is 2.50 bits per heavy atom. The van der Waals surface area contributed by atoms with E-state index in [1.807, 2.05) is 47.4 Å². The van der Waals surface area contributed by atoms with E-state index in [2.05, 4.69) is 10.3 Å². The minimum atomic E-state index is -0.491. The van der Waals surface area contributed by atoms with Crippen molar-refractivity contribution in [3.8, 4) is 5.69 Å². The van der Waals surface area contributed by atoms with Gasteiger partial charge in [-0.15, -0.1) is 11.8 Å². The predicted octanol–water partition coefficient (Wildman–Crippen LogP) is 3.13. The molecule has 1 saturated carbocycles. The number of benzene rings is 1. The summed E-state index contributed by atoms with van der Waals surface area (Å²) < 4.78 is 3.25. The van der Waals surface area contributed by atoms with Crippen molar-refractivity contribution in [2.24, 2.45) is 7.05 Å². The third kappa shape index (κ3) is 5.25. The fraction of sp³-hybridized carbons (Fsp3) is 0.360. The number of aromatic nitrogens is 3. The smallest absolute Gasteiger partial charge is 0.295 e. The summed E-state index contributed by atoms with van der Waals surface area (Å²) in [6, 6.07) is 13.4. The average molecular weight is 480 g/mol. The van der Waals surface area contributed by atoms with Crippen LogP contribution in [0.4, 0.5) is 5.69 Å². The van der Waals surface area contributed by atoms with E-state index < -0.39 is 5.25 Å². The number of para-hydroxylation sites is 1. The van der Waals surface area contributed by atoms with Crippen molar-refractivity contribution in [2.75, 3.05) is 11.1 Å². The van der Waals surface area contributed by atoms with Crippen LogP contribution in [0.2, 0.25) is 0 Å². The zero-order chi connectivity index (χ0) is 24.2. The zero-order valence-corrected chi connectivity index (χ0v) is 20.4. The number of nitrogens with one attached hydrogen (secondary N) is 1. The van der Waals surface area contributed by atoms with Gasteiger partial charge in [-0.05, 0) is 56.5 Å². The largest absolute Gasteiger partial charge is 0.335 e. The van der Waals surface area contributed by atoms with Crippen LogP contribution in [0.15, 0.2) is 59.7 Å². The summed E-state index contributed by atoms with van der Waals surface area (Å²) in [4.78, 5) is 44.8. The van der Waals surface area contributed by atoms with Gasteiger partial charge in [0.1, 0.15) is 5.69 Å². The Bertz CT molecular complexity index is 1220. The first kappa shape index (κ1) is 23.8. The molecule has 178 valence electrons. The number of amides is 2. The molecule has 0 saturated heterocycles. The van der Waals surface area contributed by atoms with Gasteiger partial charge < -0.3 is 10.2 Å². The Morgan fingerprint density at radius 1 is 1.18 bits per heavy atom. The van der Waals surface area contributed by atoms with Crippen molar-refractivity contribution in [3.05, 3.63) is 76.5 Å². The van der Waals surface area contributed by atoms with Crippen LogP contribution in [0.3, 0.4) is 0 Å². The molecule has 4 rings (SSSR count). The van der Waals surface area contributed by atoms with Gasteiger partial charge in [0, 0.05) is 32.0 Å². The van der Waals surface area contributed by atoms with Crippen molar-refractivity contribution in [3.63, 3.8) is 0 Å². The highest BCUT2D eigenvalue weighted by atomic mass is 32.2. The van der Waals surface area contributed by atoms with E-state index >= 15 is 0 Å². The van der Waals surface area contributed by atoms with Crippen LogP contribution < -0.4 is 10.9 Å². The summed E-state index contributed by atoms with van der Waals surface area (Å²) in [7, 11) is 1.78. The first-order chi connectivity index (χ1) is 16.4. The lowest BCUT2D eigenvalue weighted by Gasteiger charge is -2.23. The molecule has 0 spiro atoms. The van der Waals surface area contributed by atoms with Crippen molar-refractivity contribution in [1.29, 1.82) is 0 Å². The number of thioether (sulfide) groups is 1. The molecule has 34 heavy (non-hydrogen) atoms. The molecule has 0 bridgehead atoms. The normalized spacial score (nSPS) is 14.0. The Balaban J connectivity index is 1.39. The second-order valence-electron chi connectivity index (χ2n) is 8.49. The molecule has 3 aromatic rings. The van der Waals surface area contributed by atoms with Gasteiger partial charge >= 0.3 is 0 Å². The van der Waals surface area contributed by atoms with Crippen molar-refractivity contribution in [1.82, 2.24) is 19.2 Å². The van der Waals surface area contributed by atoms with Gasteiger partial charge in [0.05, 0.1) is 22.4 Å². The molecule has 1 atom stereocenters. The van der Waals surface area contributed by atoms with Gasteiger partial charge in [0.15, 0.2) is 0 Å². The quantitative estimate of drug-likeness (QED) is 0.509. The summed E-state index contributed by atoms with van der Waals surface area (Å²) in [5.41, 5.74) is 2.39. The lowest BCUT2D eigenvalue weighted by Crippen LogP contribution is -2.35. The van der Waals surface area contributed by atoms with Crippen molar-refractivity contribution < 1.29 is 9.59 Å². The topological polar surface area (TPSA) is 89.2 Å². The molecule has 1 fully saturated rings. The van der Waals surface area contributed by atoms with E-state index in [4.69, 9.17) is 0 Å². The summed E-state index contributed by atoms with van der Waals surface area (Å²) in [6.07, 6.45) is 5.48. The minimum absolute atomic E-state index is 0.0197. The van der Waals surface area contributed by atoms with E-state index in [1.165, 1.54) is 16.4 Å². The number of carbonyl (C=O) groups is 2. The highest BCUT2D eigenvalue weighted by Gasteiger charge is 2.33. The standard InChI is InChI=1S/C25H29N5O3S/c1-17-23(25(33)30(28(17)3)21-7-5-4-6-8-21)27-24(32)18(2)34-16-22(31)29(20-9-10-20)15-19-11-13-26-14-12-19/h4-8,11-14,18,20H,9-10,15-16H2,1-3H3,(H,27,32). The number of rotatable bonds is 9. The zero-order valence-electron chi connectivity index (χ0n) is 19.6. The Hall–Kier alpha value is -3.33. The summed E-state index contributed by atoms with van der Waals surface area (Å²) in [5.74, 6) is -0.0692. The molecular formula is C25H29N5O3S. The molecule has 2 heterocycles. The molecule has 0 aliphatic heterocycles. The molecule has 1 aliphatic rings. The van der Waals surface area contributed by atoms with E-state index in [0.29, 0.717) is 12.2 Å². The number of hydrogen-bond donors (Lipinski definition) is 1. The molecule has 1 unspecified atom stereocenters. The van der Waals surface area contributed by atoms with Crippen LogP contribution in [0.5, 0.6) is 0 Å². The monoisotopic (exact) mass is 479 g/mol. The summed E-state index contributed by atoms with van der Waals surface area (Å²) >= 11 is 1.28. The molecule has 2 amide bonds. The average Bonchev–Trinajstić information content (AvgIpc) is 3.67. The number of nitrogens with zero attached hydrogens (tertiary/aromatic N) is 4. The maximum absolute atomic E-state index is 13.0. The molecule has 2 aromatic heterocycles. The van der Waals surface area contributed by atoms with E-state index in [0.717, 1.165) is 24.1 Å². The van der Waals surface area contributed by atoms with Crippen LogP contribution in [-0.2, 0) is 23.2 Å². The summed E-state index contributed by atoms with van der Waals surface area (Å²) in [5, 5.41) is 2.30. The second-order valence-corrected chi connectivity index (χ2v) is 9.82. The number of anilines is 1. The van der Waals surface area contributed by atoms with E-state index in [1.54, 1.807) is 38.0 Å². The molecule has 1 aliphatic carbocycles. The highest BCUT2D eigenvalue weighted by Crippen LogP contribution is 2.29. The van der Waals surface area contributed by atoms with E-state index in [-0.39, 0.29) is 34.9 Å². The van der Waals surface area contributed by atoms with Crippen molar-refractivity contribution in [2.45, 2.75) is 44.5 Å². The van der Waals surface area contributed by atoms with Gasteiger partial charge in [-0.1, -0.05) is 18.2 Å². The predicted molar refractivity (Wildman–Crippen MR) is 134 cm³/mol. The van der Waals surface area contributed by atoms with Crippen LogP contribution in [0, 0.1) is 6.92 Å². The highest BCUT2D eigenvalue weighted by molar-refractivity contribution is 8.01. The van der Waals surface area contributed by atoms with Gasteiger partial charge in [-0.3, -0.25) is 24.0 Å². The number of carbonyl (C=O) groups excluding carboxylic acids is 2. The SMILES string of the molecule is Cc1c(NC(=O)C(C)SCC(=O)N(Cc2ccncc2)C2CC2)c(=O)n(-c2ccccc2)n1C. The van der Waals surface area contributed by atoms with Gasteiger partial charge in [-0.2, -0.15) is 0 Å². The molecule has 9 heteroatoms. The first-order valence-corrected chi connectivity index (χ1v) is 12.4. The Labute approximate surface area is 203 Å². The van der Waals surface area contributed by atoms with Gasteiger partial charge in [0.2, 0.25) is 11.8 Å². The molecule has 0 radical (unpaired) electrons. The first-order valence-electron chi connectivity index (χ1n) is 11.3. The lowest BCUT2D eigenvalue weighted by atomic mass is 10.2. The van der Waals surface area contributed by atoms with Gasteiger partial charge in [0.25, 0.3) is 5.56 Å². The number of hydrogen-bond acceptors (Lipinski definition) is 5. The maximum Gasteiger partial charge on any atom is 0.295 e. The fourth-order valence-corrected chi connectivity index (χ4v) is 4.55. The van der Waals surface area contributed by atoms with Crippen LogP contribution in [-0.4, -0.2) is 48.1 Å². The molecule has 8 nitrogen and oxygen atoms in total. The Kier molecular flexibility index (Phi) is 7.21.